The first kappa shape index (κ1) is 39.3. The number of aromatic nitrogens is 2. The number of thiazole rings is 2. The van der Waals surface area contributed by atoms with Crippen molar-refractivity contribution in [3.8, 4) is 0 Å². The molecule has 4 rings (SSSR count). The first-order valence-electron chi connectivity index (χ1n) is 17.1. The highest BCUT2D eigenvalue weighted by molar-refractivity contribution is 7.13. The zero-order valence-electron chi connectivity index (χ0n) is 29.5. The molecule has 0 saturated heterocycles. The summed E-state index contributed by atoms with van der Waals surface area (Å²) in [4.78, 5) is 51.0. The topological polar surface area (TPSA) is 155 Å². The van der Waals surface area contributed by atoms with Gasteiger partial charge in [-0.1, -0.05) is 74.5 Å². The van der Waals surface area contributed by atoms with Crippen LogP contribution in [0.4, 0.5) is 14.7 Å². The number of benzene rings is 2. The lowest BCUT2D eigenvalue weighted by Crippen LogP contribution is -2.54. The number of nitrogens with zero attached hydrogens (tertiary/aromatic N) is 3. The van der Waals surface area contributed by atoms with Gasteiger partial charge in [-0.2, -0.15) is 0 Å². The molecule has 51 heavy (non-hydrogen) atoms. The fourth-order valence-electron chi connectivity index (χ4n) is 5.48. The number of hydrogen-bond donors (Lipinski definition) is 4. The Bertz CT molecular complexity index is 1620. The molecule has 14 heteroatoms. The molecule has 0 unspecified atom stereocenters. The van der Waals surface area contributed by atoms with E-state index >= 15 is 0 Å². The van der Waals surface area contributed by atoms with E-state index in [1.54, 1.807) is 11.7 Å². The van der Waals surface area contributed by atoms with Crippen molar-refractivity contribution in [1.29, 1.82) is 0 Å². The minimum Gasteiger partial charge on any atom is -0.444 e. The Morgan fingerprint density at radius 2 is 1.47 bits per heavy atom. The van der Waals surface area contributed by atoms with Gasteiger partial charge >= 0.3 is 12.2 Å². The lowest BCUT2D eigenvalue weighted by molar-refractivity contribution is -0.125. The molecule has 2 heterocycles. The number of ether oxygens (including phenoxy) is 2. The zero-order chi connectivity index (χ0) is 36.6. The van der Waals surface area contributed by atoms with Crippen molar-refractivity contribution < 1.29 is 29.0 Å². The highest BCUT2D eigenvalue weighted by Gasteiger charge is 2.30. The molecule has 0 spiro atoms. The number of rotatable bonds is 19. The third-order valence-electron chi connectivity index (χ3n) is 8.24. The molecule has 0 aliphatic rings. The maximum absolute atomic E-state index is 13.8. The molecule has 274 valence electrons. The van der Waals surface area contributed by atoms with Crippen LogP contribution in [-0.4, -0.2) is 70.5 Å². The second kappa shape index (κ2) is 20.4. The van der Waals surface area contributed by atoms with Gasteiger partial charge < -0.3 is 35.4 Å². The summed E-state index contributed by atoms with van der Waals surface area (Å²) in [6.45, 7) is 9.46. The van der Waals surface area contributed by atoms with E-state index in [-0.39, 0.29) is 25.6 Å². The van der Waals surface area contributed by atoms with E-state index in [1.165, 1.54) is 22.7 Å². The second-order valence-electron chi connectivity index (χ2n) is 12.4. The first-order valence-corrected chi connectivity index (χ1v) is 18.9. The third-order valence-corrected chi connectivity index (χ3v) is 9.94. The van der Waals surface area contributed by atoms with Crippen LogP contribution in [0, 0.1) is 5.92 Å². The van der Waals surface area contributed by atoms with Crippen molar-refractivity contribution >= 4 is 45.9 Å². The Labute approximate surface area is 307 Å². The van der Waals surface area contributed by atoms with E-state index in [2.05, 4.69) is 44.7 Å². The maximum atomic E-state index is 13.8. The molecule has 4 aromatic rings. The largest absolute Gasteiger partial charge is 0.444 e. The number of carbonyl (C=O) groups excluding carboxylic acids is 3. The Kier molecular flexibility index (Phi) is 15.7. The highest BCUT2D eigenvalue weighted by atomic mass is 32.1. The smallest absolute Gasteiger partial charge is 0.408 e. The number of carbonyl (C=O) groups is 3. The predicted octanol–water partition coefficient (Wildman–Crippen LogP) is 5.71. The van der Waals surface area contributed by atoms with E-state index in [4.69, 9.17) is 9.47 Å². The van der Waals surface area contributed by atoms with E-state index in [0.29, 0.717) is 18.5 Å². The molecule has 4 atom stereocenters. The summed E-state index contributed by atoms with van der Waals surface area (Å²) in [7, 11) is 0. The lowest BCUT2D eigenvalue weighted by atomic mass is 9.93. The summed E-state index contributed by atoms with van der Waals surface area (Å²) in [5, 5.41) is 23.0. The fraction of sp³-hybridized carbons (Fsp3) is 0.432. The monoisotopic (exact) mass is 736 g/mol. The number of aliphatic hydroxyl groups is 1. The Hall–Kier alpha value is -4.53. The number of aliphatic hydroxyl groups excluding tert-OH is 1. The SMILES string of the molecule is CCN(CC)c1nc(COC(=O)N[C@H](C(=O)N[C@@H](Cc2ccccc2)C[C@H](O)[C@H](Cc2ccccc2)NC(=O)OCc2cncs2)C(C)C)cs1. The highest BCUT2D eigenvalue weighted by Crippen LogP contribution is 2.21. The molecule has 0 radical (unpaired) electrons. The van der Waals surface area contributed by atoms with Crippen LogP contribution >= 0.6 is 22.7 Å². The molecule has 2 aromatic heterocycles. The van der Waals surface area contributed by atoms with Gasteiger partial charge in [0.25, 0.3) is 0 Å². The second-order valence-corrected chi connectivity index (χ2v) is 14.2. The summed E-state index contributed by atoms with van der Waals surface area (Å²) >= 11 is 2.86. The summed E-state index contributed by atoms with van der Waals surface area (Å²) in [5.41, 5.74) is 4.16. The van der Waals surface area contributed by atoms with Crippen molar-refractivity contribution in [2.75, 3.05) is 18.0 Å². The van der Waals surface area contributed by atoms with Crippen LogP contribution in [0.1, 0.15) is 55.8 Å². The number of hydrogen-bond acceptors (Lipinski definition) is 11. The quantitative estimate of drug-likeness (QED) is 0.0948. The van der Waals surface area contributed by atoms with E-state index < -0.39 is 42.3 Å². The van der Waals surface area contributed by atoms with Gasteiger partial charge in [-0.05, 0) is 50.2 Å². The van der Waals surface area contributed by atoms with E-state index in [9.17, 15) is 19.5 Å². The fourth-order valence-corrected chi connectivity index (χ4v) is 6.92. The van der Waals surface area contributed by atoms with E-state index in [0.717, 1.165) is 34.2 Å². The number of amides is 3. The van der Waals surface area contributed by atoms with Gasteiger partial charge in [0.1, 0.15) is 19.3 Å². The van der Waals surface area contributed by atoms with Crippen molar-refractivity contribution in [3.63, 3.8) is 0 Å². The van der Waals surface area contributed by atoms with Crippen LogP contribution in [0.25, 0.3) is 0 Å². The average molecular weight is 737 g/mol. The van der Waals surface area contributed by atoms with Gasteiger partial charge in [0, 0.05) is 30.7 Å². The molecular formula is C37H48N6O6S2. The van der Waals surface area contributed by atoms with Crippen LogP contribution in [0.15, 0.2) is 77.8 Å². The molecule has 0 fully saturated rings. The Morgan fingerprint density at radius 1 is 0.843 bits per heavy atom. The van der Waals surface area contributed by atoms with Gasteiger partial charge in [0.2, 0.25) is 5.91 Å². The van der Waals surface area contributed by atoms with Gasteiger partial charge in [0.05, 0.1) is 28.2 Å². The number of nitrogens with one attached hydrogen (secondary N) is 3. The van der Waals surface area contributed by atoms with Gasteiger partial charge in [-0.25, -0.2) is 14.6 Å². The standard InChI is InChI=1S/C37H48N6O6S2/c1-5-43(6-2)35-40-29(23-50-35)21-48-37(47)42-33(25(3)4)34(45)39-28(17-26-13-9-7-10-14-26)19-32(44)31(18-27-15-11-8-12-16-27)41-36(46)49-22-30-20-38-24-51-30/h7-16,20,23-25,28,31-33,44H,5-6,17-19,21-22H2,1-4H3,(H,39,45)(H,41,46)(H,42,47)/t28-,31-,32-,33-/m0/s1. The summed E-state index contributed by atoms with van der Waals surface area (Å²) in [6, 6.07) is 17.0. The predicted molar refractivity (Wildman–Crippen MR) is 200 cm³/mol. The molecular weight excluding hydrogens is 689 g/mol. The number of alkyl carbamates (subject to hydrolysis) is 2. The Balaban J connectivity index is 1.43. The van der Waals surface area contributed by atoms with E-state index in [1.807, 2.05) is 79.9 Å². The van der Waals surface area contributed by atoms with Gasteiger partial charge in [-0.3, -0.25) is 9.78 Å². The lowest BCUT2D eigenvalue weighted by Gasteiger charge is -2.30. The van der Waals surface area contributed by atoms with Crippen molar-refractivity contribution in [3.05, 3.63) is 99.4 Å². The first-order chi connectivity index (χ1) is 24.6. The third kappa shape index (κ3) is 12.9. The van der Waals surface area contributed by atoms with Crippen LogP contribution in [0.2, 0.25) is 0 Å². The van der Waals surface area contributed by atoms with Crippen LogP contribution in [0.3, 0.4) is 0 Å². The normalized spacial score (nSPS) is 13.5. The maximum Gasteiger partial charge on any atom is 0.408 e. The summed E-state index contributed by atoms with van der Waals surface area (Å²) < 4.78 is 10.9. The van der Waals surface area contributed by atoms with Crippen LogP contribution in [-0.2, 0) is 40.3 Å². The van der Waals surface area contributed by atoms with Crippen LogP contribution in [0.5, 0.6) is 0 Å². The van der Waals surface area contributed by atoms with Gasteiger partial charge in [0.15, 0.2) is 5.13 Å². The molecule has 2 aromatic carbocycles. The van der Waals surface area contributed by atoms with Crippen molar-refractivity contribution in [2.45, 2.75) is 84.4 Å². The molecule has 0 bridgehead atoms. The molecule has 3 amide bonds. The van der Waals surface area contributed by atoms with Crippen LogP contribution < -0.4 is 20.9 Å². The van der Waals surface area contributed by atoms with Crippen molar-refractivity contribution in [2.24, 2.45) is 5.92 Å². The molecule has 0 aliphatic heterocycles. The zero-order valence-corrected chi connectivity index (χ0v) is 31.1. The molecule has 12 nitrogen and oxygen atoms in total. The average Bonchev–Trinajstić information content (AvgIpc) is 3.83. The molecule has 0 aliphatic carbocycles. The summed E-state index contributed by atoms with van der Waals surface area (Å²) in [5.74, 6) is -0.682. The molecule has 0 saturated carbocycles. The van der Waals surface area contributed by atoms with Gasteiger partial charge in [-0.15, -0.1) is 22.7 Å². The minimum absolute atomic E-state index is 0.0265. The Morgan fingerprint density at radius 3 is 2.08 bits per heavy atom. The summed E-state index contributed by atoms with van der Waals surface area (Å²) in [6.07, 6.45) is 0.0214. The number of anilines is 1. The minimum atomic E-state index is -1.06. The van der Waals surface area contributed by atoms with Crippen molar-refractivity contribution in [1.82, 2.24) is 25.9 Å². The molecule has 4 N–H and O–H groups in total.